The fraction of sp³-hybridized carbons (Fsp3) is 0.240. The molecule has 2 aliphatic heterocycles. The number of amides is 3. The summed E-state index contributed by atoms with van der Waals surface area (Å²) in [4.78, 5) is 28.5. The van der Waals surface area contributed by atoms with Crippen LogP contribution < -0.4 is 30.2 Å². The van der Waals surface area contributed by atoms with E-state index < -0.39 is 6.03 Å². The predicted octanol–water partition coefficient (Wildman–Crippen LogP) is 5.12. The fourth-order valence-electron chi connectivity index (χ4n) is 4.65. The Labute approximate surface area is 216 Å². The first-order chi connectivity index (χ1) is 17.4. The Morgan fingerprint density at radius 2 is 2.00 bits per heavy atom. The van der Waals surface area contributed by atoms with E-state index in [1.54, 1.807) is 18.3 Å². The molecule has 1 fully saturated rings. The molecule has 1 aliphatic carbocycles. The van der Waals surface area contributed by atoms with E-state index in [2.05, 4.69) is 20.9 Å². The van der Waals surface area contributed by atoms with E-state index in [4.69, 9.17) is 37.4 Å². The van der Waals surface area contributed by atoms with Gasteiger partial charge in [0.25, 0.3) is 0 Å². The SMILES string of the molecule is COc1cc(NC(=O)NC2[C@H]3Oc4ccc(Oc5ccnc6c5CCC(=O)N6)cc4[C@@H]23)c(Cl)cc1Cl. The third-order valence-electron chi connectivity index (χ3n) is 6.45. The molecule has 3 atom stereocenters. The first-order valence-electron chi connectivity index (χ1n) is 11.3. The number of benzene rings is 2. The Hall–Kier alpha value is -3.69. The van der Waals surface area contributed by atoms with Gasteiger partial charge in [-0.25, -0.2) is 9.78 Å². The first-order valence-corrected chi connectivity index (χ1v) is 12.0. The highest BCUT2D eigenvalue weighted by Gasteiger charge is 2.59. The highest BCUT2D eigenvalue weighted by atomic mass is 35.5. The van der Waals surface area contributed by atoms with Gasteiger partial charge in [0.1, 0.15) is 34.9 Å². The largest absolute Gasteiger partial charge is 0.495 e. The minimum absolute atomic E-state index is 0.00942. The normalized spacial score (nSPS) is 20.8. The summed E-state index contributed by atoms with van der Waals surface area (Å²) in [5.74, 6) is 2.95. The van der Waals surface area contributed by atoms with E-state index in [-0.39, 0.29) is 24.0 Å². The van der Waals surface area contributed by atoms with Crippen molar-refractivity contribution in [2.45, 2.75) is 30.9 Å². The number of nitrogens with one attached hydrogen (secondary N) is 3. The highest BCUT2D eigenvalue weighted by Crippen LogP contribution is 2.54. The number of methoxy groups -OCH3 is 1. The minimum atomic E-state index is -0.413. The van der Waals surface area contributed by atoms with Gasteiger partial charge in [-0.3, -0.25) is 4.79 Å². The van der Waals surface area contributed by atoms with Crippen LogP contribution in [0.15, 0.2) is 42.6 Å². The van der Waals surface area contributed by atoms with Crippen LogP contribution in [0.2, 0.25) is 10.0 Å². The Balaban J connectivity index is 1.14. The molecule has 1 unspecified atom stereocenters. The molecule has 6 rings (SSSR count). The van der Waals surface area contributed by atoms with Crippen molar-refractivity contribution in [2.24, 2.45) is 0 Å². The van der Waals surface area contributed by atoms with Gasteiger partial charge in [0.15, 0.2) is 0 Å². The molecule has 36 heavy (non-hydrogen) atoms. The van der Waals surface area contributed by atoms with Crippen molar-refractivity contribution >= 4 is 46.6 Å². The summed E-state index contributed by atoms with van der Waals surface area (Å²) in [5, 5.41) is 9.11. The number of carbonyl (C=O) groups is 2. The predicted molar refractivity (Wildman–Crippen MR) is 134 cm³/mol. The maximum atomic E-state index is 12.6. The van der Waals surface area contributed by atoms with Crippen LogP contribution in [0.5, 0.6) is 23.0 Å². The van der Waals surface area contributed by atoms with Gasteiger partial charge in [-0.05, 0) is 36.8 Å². The Morgan fingerprint density at radius 3 is 2.83 bits per heavy atom. The number of rotatable bonds is 5. The molecule has 1 aromatic heterocycles. The van der Waals surface area contributed by atoms with Gasteiger partial charge in [0.2, 0.25) is 5.91 Å². The third kappa shape index (κ3) is 4.04. The van der Waals surface area contributed by atoms with Crippen LogP contribution in [-0.2, 0) is 11.2 Å². The summed E-state index contributed by atoms with van der Waals surface area (Å²) >= 11 is 12.3. The Bertz CT molecular complexity index is 1420. The van der Waals surface area contributed by atoms with Gasteiger partial charge in [-0.2, -0.15) is 0 Å². The van der Waals surface area contributed by atoms with E-state index in [0.717, 1.165) is 16.9 Å². The van der Waals surface area contributed by atoms with Crippen molar-refractivity contribution in [1.82, 2.24) is 10.3 Å². The highest BCUT2D eigenvalue weighted by molar-refractivity contribution is 6.37. The Kier molecular flexibility index (Phi) is 5.54. The summed E-state index contributed by atoms with van der Waals surface area (Å²) < 4.78 is 17.4. The second-order valence-electron chi connectivity index (χ2n) is 8.69. The number of halogens is 2. The topological polar surface area (TPSA) is 111 Å². The molecule has 0 bridgehead atoms. The molecule has 184 valence electrons. The average Bonchev–Trinajstić information content (AvgIpc) is 3.36. The van der Waals surface area contributed by atoms with Crippen molar-refractivity contribution in [1.29, 1.82) is 0 Å². The molecular formula is C25H20Cl2N4O5. The van der Waals surface area contributed by atoms with Gasteiger partial charge in [-0.15, -0.1) is 0 Å². The van der Waals surface area contributed by atoms with E-state index in [0.29, 0.717) is 51.6 Å². The van der Waals surface area contributed by atoms with E-state index in [1.807, 2.05) is 18.2 Å². The zero-order valence-electron chi connectivity index (χ0n) is 18.9. The molecule has 0 saturated heterocycles. The van der Waals surface area contributed by atoms with Crippen LogP contribution >= 0.6 is 23.2 Å². The zero-order valence-corrected chi connectivity index (χ0v) is 20.4. The van der Waals surface area contributed by atoms with E-state index in [1.165, 1.54) is 13.2 Å². The van der Waals surface area contributed by atoms with Gasteiger partial charge in [0, 0.05) is 29.8 Å². The van der Waals surface area contributed by atoms with Crippen LogP contribution in [0, 0.1) is 0 Å². The maximum absolute atomic E-state index is 12.6. The number of anilines is 2. The second kappa shape index (κ2) is 8.76. The van der Waals surface area contributed by atoms with Crippen molar-refractivity contribution in [3.8, 4) is 23.0 Å². The number of nitrogens with zero attached hydrogens (tertiary/aromatic N) is 1. The number of fused-ring (bicyclic) bond motifs is 4. The number of pyridine rings is 1. The van der Waals surface area contributed by atoms with Gasteiger partial charge < -0.3 is 30.2 Å². The molecule has 0 radical (unpaired) electrons. The molecule has 3 aliphatic rings. The summed E-state index contributed by atoms with van der Waals surface area (Å²) in [5.41, 5.74) is 2.21. The molecule has 0 spiro atoms. The molecule has 3 heterocycles. The average molecular weight is 527 g/mol. The lowest BCUT2D eigenvalue weighted by Gasteiger charge is -2.19. The minimum Gasteiger partial charge on any atom is -0.495 e. The molecule has 11 heteroatoms. The lowest BCUT2D eigenvalue weighted by atomic mass is 10.1. The number of hydrogen-bond acceptors (Lipinski definition) is 6. The van der Waals surface area contributed by atoms with E-state index in [9.17, 15) is 9.59 Å². The smallest absolute Gasteiger partial charge is 0.319 e. The van der Waals surface area contributed by atoms with Crippen molar-refractivity contribution in [3.63, 3.8) is 0 Å². The van der Waals surface area contributed by atoms with Crippen molar-refractivity contribution < 1.29 is 23.8 Å². The zero-order chi connectivity index (χ0) is 25.0. The first kappa shape index (κ1) is 22.8. The summed E-state index contributed by atoms with van der Waals surface area (Å²) in [7, 11) is 1.48. The maximum Gasteiger partial charge on any atom is 0.319 e. The monoisotopic (exact) mass is 526 g/mol. The fourth-order valence-corrected chi connectivity index (χ4v) is 5.15. The molecular weight excluding hydrogens is 507 g/mol. The molecule has 1 saturated carbocycles. The van der Waals surface area contributed by atoms with Crippen LogP contribution in [-0.4, -0.2) is 36.2 Å². The summed E-state index contributed by atoms with van der Waals surface area (Å²) in [6, 6.07) is 9.88. The van der Waals surface area contributed by atoms with Gasteiger partial charge >= 0.3 is 6.03 Å². The van der Waals surface area contributed by atoms with Crippen LogP contribution in [0.1, 0.15) is 23.5 Å². The lowest BCUT2D eigenvalue weighted by molar-refractivity contribution is -0.116. The number of aromatic nitrogens is 1. The van der Waals surface area contributed by atoms with Gasteiger partial charge in [-0.1, -0.05) is 23.2 Å². The molecule has 9 nitrogen and oxygen atoms in total. The van der Waals surface area contributed by atoms with E-state index >= 15 is 0 Å². The summed E-state index contributed by atoms with van der Waals surface area (Å²) in [6.45, 7) is 0. The molecule has 3 amide bonds. The quantitative estimate of drug-likeness (QED) is 0.425. The second-order valence-corrected chi connectivity index (χ2v) is 9.50. The van der Waals surface area contributed by atoms with Crippen molar-refractivity contribution in [2.75, 3.05) is 17.7 Å². The van der Waals surface area contributed by atoms with Gasteiger partial charge in [0.05, 0.1) is 34.8 Å². The molecule has 3 aromatic rings. The van der Waals surface area contributed by atoms with Crippen LogP contribution in [0.25, 0.3) is 0 Å². The number of ether oxygens (including phenoxy) is 3. The number of urea groups is 1. The van der Waals surface area contributed by atoms with Crippen molar-refractivity contribution in [3.05, 3.63) is 63.8 Å². The molecule has 3 N–H and O–H groups in total. The number of carbonyl (C=O) groups excluding carboxylic acids is 2. The van der Waals surface area contributed by atoms with Crippen LogP contribution in [0.4, 0.5) is 16.3 Å². The lowest BCUT2D eigenvalue weighted by Crippen LogP contribution is -2.34. The third-order valence-corrected chi connectivity index (χ3v) is 7.05. The standard InChI is InChI=1S/C25H20Cl2N4O5/c1-34-19-10-16(14(26)9-15(19)27)29-25(33)31-22-21-13-8-11(2-4-17(13)36-23(21)22)35-18-6-7-28-24-12(18)3-5-20(32)30-24/h2,4,6-10,21-23H,3,5H2,1H3,(H,28,30,32)(H2,29,31,33)/t21-,22?,23-/m0/s1. The summed E-state index contributed by atoms with van der Waals surface area (Å²) in [6.07, 6.45) is 2.41. The van der Waals surface area contributed by atoms with Crippen LogP contribution in [0.3, 0.4) is 0 Å². The Morgan fingerprint density at radius 1 is 1.14 bits per heavy atom. The number of hydrogen-bond donors (Lipinski definition) is 3. The molecule has 2 aromatic carbocycles.